The number of methoxy groups -OCH3 is 1. The average Bonchev–Trinajstić information content (AvgIpc) is 2.89. The third-order valence-electron chi connectivity index (χ3n) is 4.04. The van der Waals surface area contributed by atoms with Crippen LogP contribution in [0.25, 0.3) is 0 Å². The van der Waals surface area contributed by atoms with Crippen molar-refractivity contribution in [3.63, 3.8) is 0 Å². The molecule has 0 fully saturated rings. The molecule has 0 amide bonds. The van der Waals surface area contributed by atoms with Crippen LogP contribution in [0.5, 0.6) is 0 Å². The number of anilines is 1. The maximum absolute atomic E-state index is 11.8. The summed E-state index contributed by atoms with van der Waals surface area (Å²) >= 11 is 0. The molecule has 1 N–H and O–H groups in total. The molecule has 2 aromatic carbocycles. The lowest BCUT2D eigenvalue weighted by Crippen LogP contribution is -2.12. The van der Waals surface area contributed by atoms with E-state index in [0.717, 1.165) is 18.5 Å². The fraction of sp³-hybridized carbons (Fsp3) is 0.278. The molecule has 0 spiro atoms. The fourth-order valence-electron chi connectivity index (χ4n) is 2.96. The first kappa shape index (κ1) is 13.7. The molecule has 3 heteroatoms. The van der Waals surface area contributed by atoms with E-state index in [2.05, 4.69) is 30.4 Å². The number of para-hydroxylation sites is 1. The standard InChI is InChI=1S/C18H19NO2/c1-12-7-8-13-9-10-17(15(13)11-12)19-16-6-4-3-5-14(16)18(20)21-2/h3-8,11,17,19H,9-10H2,1-2H3. The molecule has 108 valence electrons. The van der Waals surface area contributed by atoms with Gasteiger partial charge in [-0.15, -0.1) is 0 Å². The van der Waals surface area contributed by atoms with E-state index < -0.39 is 0 Å². The van der Waals surface area contributed by atoms with Gasteiger partial charge in [-0.05, 0) is 43.0 Å². The summed E-state index contributed by atoms with van der Waals surface area (Å²) < 4.78 is 4.85. The van der Waals surface area contributed by atoms with Crippen LogP contribution in [0.15, 0.2) is 42.5 Å². The zero-order valence-electron chi connectivity index (χ0n) is 12.3. The van der Waals surface area contributed by atoms with Crippen molar-refractivity contribution in [2.75, 3.05) is 12.4 Å². The van der Waals surface area contributed by atoms with E-state index in [1.807, 2.05) is 18.2 Å². The van der Waals surface area contributed by atoms with Crippen molar-refractivity contribution in [2.45, 2.75) is 25.8 Å². The highest BCUT2D eigenvalue weighted by Crippen LogP contribution is 2.35. The van der Waals surface area contributed by atoms with Gasteiger partial charge in [0, 0.05) is 5.69 Å². The Morgan fingerprint density at radius 1 is 1.24 bits per heavy atom. The monoisotopic (exact) mass is 281 g/mol. The number of carbonyl (C=O) groups is 1. The molecule has 0 saturated heterocycles. The van der Waals surface area contributed by atoms with Gasteiger partial charge < -0.3 is 10.1 Å². The molecule has 1 aliphatic rings. The van der Waals surface area contributed by atoms with E-state index in [1.54, 1.807) is 6.07 Å². The third-order valence-corrected chi connectivity index (χ3v) is 4.04. The molecule has 0 heterocycles. The first-order valence-corrected chi connectivity index (χ1v) is 7.22. The number of carbonyl (C=O) groups excluding carboxylic acids is 1. The minimum atomic E-state index is -0.305. The number of esters is 1. The van der Waals surface area contributed by atoms with Crippen molar-refractivity contribution in [3.8, 4) is 0 Å². The minimum Gasteiger partial charge on any atom is -0.465 e. The van der Waals surface area contributed by atoms with Crippen molar-refractivity contribution in [2.24, 2.45) is 0 Å². The number of hydrogen-bond acceptors (Lipinski definition) is 3. The summed E-state index contributed by atoms with van der Waals surface area (Å²) in [5.41, 5.74) is 5.43. The van der Waals surface area contributed by atoms with Crippen molar-refractivity contribution in [1.82, 2.24) is 0 Å². The van der Waals surface area contributed by atoms with Crippen LogP contribution < -0.4 is 5.32 Å². The van der Waals surface area contributed by atoms with Gasteiger partial charge in [0.05, 0.1) is 18.7 Å². The number of hydrogen-bond donors (Lipinski definition) is 1. The Morgan fingerprint density at radius 3 is 2.86 bits per heavy atom. The van der Waals surface area contributed by atoms with Gasteiger partial charge in [0.25, 0.3) is 0 Å². The van der Waals surface area contributed by atoms with Crippen LogP contribution in [0, 0.1) is 6.92 Å². The Bertz CT molecular complexity index is 679. The average molecular weight is 281 g/mol. The lowest BCUT2D eigenvalue weighted by atomic mass is 10.0. The Hall–Kier alpha value is -2.29. The number of fused-ring (bicyclic) bond motifs is 1. The Labute approximate surface area is 124 Å². The zero-order chi connectivity index (χ0) is 14.8. The van der Waals surface area contributed by atoms with Crippen LogP contribution in [0.3, 0.4) is 0 Å². The normalized spacial score (nSPS) is 16.4. The maximum atomic E-state index is 11.8. The third kappa shape index (κ3) is 2.64. The smallest absolute Gasteiger partial charge is 0.339 e. The van der Waals surface area contributed by atoms with E-state index >= 15 is 0 Å². The predicted molar refractivity (Wildman–Crippen MR) is 83.6 cm³/mol. The quantitative estimate of drug-likeness (QED) is 0.868. The van der Waals surface area contributed by atoms with Crippen molar-refractivity contribution in [3.05, 3.63) is 64.7 Å². The van der Waals surface area contributed by atoms with Gasteiger partial charge in [0.2, 0.25) is 0 Å². The highest BCUT2D eigenvalue weighted by Gasteiger charge is 2.23. The van der Waals surface area contributed by atoms with Gasteiger partial charge >= 0.3 is 5.97 Å². The second kappa shape index (κ2) is 5.60. The van der Waals surface area contributed by atoms with E-state index in [-0.39, 0.29) is 12.0 Å². The molecule has 1 unspecified atom stereocenters. The number of benzene rings is 2. The SMILES string of the molecule is COC(=O)c1ccccc1NC1CCc2ccc(C)cc21. The Balaban J connectivity index is 1.90. The molecule has 3 rings (SSSR count). The lowest BCUT2D eigenvalue weighted by Gasteiger charge is -2.18. The summed E-state index contributed by atoms with van der Waals surface area (Å²) in [4.78, 5) is 11.8. The van der Waals surface area contributed by atoms with Gasteiger partial charge in [-0.3, -0.25) is 0 Å². The molecule has 0 bridgehead atoms. The molecule has 0 aromatic heterocycles. The van der Waals surface area contributed by atoms with Crippen molar-refractivity contribution < 1.29 is 9.53 Å². The summed E-state index contributed by atoms with van der Waals surface area (Å²) in [6.07, 6.45) is 2.13. The number of nitrogens with one attached hydrogen (secondary N) is 1. The highest BCUT2D eigenvalue weighted by molar-refractivity contribution is 5.95. The summed E-state index contributed by atoms with van der Waals surface area (Å²) in [6.45, 7) is 2.11. The largest absolute Gasteiger partial charge is 0.465 e. The van der Waals surface area contributed by atoms with Crippen LogP contribution in [0.4, 0.5) is 5.69 Å². The van der Waals surface area contributed by atoms with Crippen LogP contribution in [-0.2, 0) is 11.2 Å². The first-order chi connectivity index (χ1) is 10.2. The Kier molecular flexibility index (Phi) is 3.65. The van der Waals surface area contributed by atoms with E-state index in [9.17, 15) is 4.79 Å². The first-order valence-electron chi connectivity index (χ1n) is 7.22. The number of rotatable bonds is 3. The van der Waals surface area contributed by atoms with Gasteiger partial charge in [-0.2, -0.15) is 0 Å². The minimum absolute atomic E-state index is 0.255. The lowest BCUT2D eigenvalue weighted by molar-refractivity contribution is 0.0602. The Morgan fingerprint density at radius 2 is 2.05 bits per heavy atom. The molecule has 0 saturated carbocycles. The van der Waals surface area contributed by atoms with Gasteiger partial charge in [-0.25, -0.2) is 4.79 Å². The predicted octanol–water partition coefficient (Wildman–Crippen LogP) is 3.88. The summed E-state index contributed by atoms with van der Waals surface area (Å²) in [6, 6.07) is 14.4. The molecule has 0 radical (unpaired) electrons. The van der Waals surface area contributed by atoms with Crippen LogP contribution in [0.1, 0.15) is 39.5 Å². The van der Waals surface area contributed by atoms with Crippen LogP contribution in [0.2, 0.25) is 0 Å². The molecular weight excluding hydrogens is 262 g/mol. The molecule has 3 nitrogen and oxygen atoms in total. The fourth-order valence-corrected chi connectivity index (χ4v) is 2.96. The van der Waals surface area contributed by atoms with Gasteiger partial charge in [-0.1, -0.05) is 35.9 Å². The molecule has 21 heavy (non-hydrogen) atoms. The van der Waals surface area contributed by atoms with Crippen molar-refractivity contribution >= 4 is 11.7 Å². The topological polar surface area (TPSA) is 38.3 Å². The van der Waals surface area contributed by atoms with Gasteiger partial charge in [0.15, 0.2) is 0 Å². The summed E-state index contributed by atoms with van der Waals surface area (Å²) in [5.74, 6) is -0.305. The van der Waals surface area contributed by atoms with E-state index in [1.165, 1.54) is 23.8 Å². The van der Waals surface area contributed by atoms with Gasteiger partial charge in [0.1, 0.15) is 0 Å². The summed E-state index contributed by atoms with van der Waals surface area (Å²) in [5, 5.41) is 3.51. The molecule has 1 atom stereocenters. The van der Waals surface area contributed by atoms with Crippen LogP contribution in [-0.4, -0.2) is 13.1 Å². The number of aryl methyl sites for hydroxylation is 2. The van der Waals surface area contributed by atoms with Crippen molar-refractivity contribution in [1.29, 1.82) is 0 Å². The second-order valence-corrected chi connectivity index (χ2v) is 5.48. The maximum Gasteiger partial charge on any atom is 0.339 e. The highest BCUT2D eigenvalue weighted by atomic mass is 16.5. The molecule has 0 aliphatic heterocycles. The molecule has 1 aliphatic carbocycles. The number of ether oxygens (including phenoxy) is 1. The second-order valence-electron chi connectivity index (χ2n) is 5.48. The van der Waals surface area contributed by atoms with Crippen LogP contribution >= 0.6 is 0 Å². The molecular formula is C18H19NO2. The summed E-state index contributed by atoms with van der Waals surface area (Å²) in [7, 11) is 1.41. The molecule has 2 aromatic rings. The van der Waals surface area contributed by atoms with E-state index in [4.69, 9.17) is 4.74 Å². The van der Waals surface area contributed by atoms with E-state index in [0.29, 0.717) is 5.56 Å². The zero-order valence-corrected chi connectivity index (χ0v) is 12.3.